The number of hydrogen-bond donors (Lipinski definition) is 3. The summed E-state index contributed by atoms with van der Waals surface area (Å²) in [5.41, 5.74) is -0.623. The van der Waals surface area contributed by atoms with Gasteiger partial charge in [0.15, 0.2) is 0 Å². The van der Waals surface area contributed by atoms with Crippen LogP contribution >= 0.6 is 0 Å². The van der Waals surface area contributed by atoms with Gasteiger partial charge in [0, 0.05) is 24.8 Å². The third kappa shape index (κ3) is 5.13. The number of pyridine rings is 1. The van der Waals surface area contributed by atoms with Crippen molar-refractivity contribution < 1.29 is 23.1 Å². The number of carbonyl (C=O) groups is 2. The third-order valence-electron chi connectivity index (χ3n) is 3.55. The molecule has 0 radical (unpaired) electrons. The summed E-state index contributed by atoms with van der Waals surface area (Å²) in [4.78, 5) is 28.4. The molecule has 1 aromatic rings. The molecule has 0 bridgehead atoms. The minimum Gasteiger partial charge on any atom is -0.481 e. The first kappa shape index (κ1) is 19.1. The van der Waals surface area contributed by atoms with Gasteiger partial charge in [-0.05, 0) is 39.3 Å². The number of likely N-dealkylation sites (tertiary alicyclic amines) is 1. The number of sulfonamides is 1. The molecule has 25 heavy (non-hydrogen) atoms. The fraction of sp³-hybridized carbons (Fsp3) is 0.533. The first-order chi connectivity index (χ1) is 11.5. The Morgan fingerprint density at radius 3 is 2.48 bits per heavy atom. The largest absolute Gasteiger partial charge is 0.481 e. The highest BCUT2D eigenvalue weighted by molar-refractivity contribution is 7.89. The highest BCUT2D eigenvalue weighted by atomic mass is 32.2. The van der Waals surface area contributed by atoms with Crippen molar-refractivity contribution in [1.29, 1.82) is 0 Å². The van der Waals surface area contributed by atoms with Crippen molar-refractivity contribution >= 4 is 27.8 Å². The van der Waals surface area contributed by atoms with Gasteiger partial charge in [-0.15, -0.1) is 0 Å². The molecule has 1 unspecified atom stereocenters. The number of carbonyl (C=O) groups excluding carboxylic acids is 1. The van der Waals surface area contributed by atoms with Gasteiger partial charge < -0.3 is 10.0 Å². The number of nitrogens with one attached hydrogen (secondary N) is 2. The molecule has 0 spiro atoms. The Morgan fingerprint density at radius 1 is 1.32 bits per heavy atom. The normalized spacial score (nSPS) is 18.2. The lowest BCUT2D eigenvalue weighted by Gasteiger charge is -2.20. The summed E-state index contributed by atoms with van der Waals surface area (Å²) in [6.45, 7) is 5.68. The zero-order valence-corrected chi connectivity index (χ0v) is 15.1. The lowest BCUT2D eigenvalue weighted by Crippen LogP contribution is -2.40. The number of hydrogen-bond acceptors (Lipinski definition) is 5. The maximum absolute atomic E-state index is 12.2. The van der Waals surface area contributed by atoms with Crippen LogP contribution in [0.1, 0.15) is 27.2 Å². The van der Waals surface area contributed by atoms with Crippen molar-refractivity contribution in [2.45, 2.75) is 37.6 Å². The SMILES string of the molecule is CC(C)(C)NS(=O)(=O)c1ccc(NC(=O)N2CCC(C(=O)O)C2)nc1. The Labute approximate surface area is 146 Å². The van der Waals surface area contributed by atoms with Crippen LogP contribution in [0.5, 0.6) is 0 Å². The predicted molar refractivity (Wildman–Crippen MR) is 90.6 cm³/mol. The molecule has 138 valence electrons. The van der Waals surface area contributed by atoms with Crippen molar-refractivity contribution in [3.8, 4) is 0 Å². The molecule has 1 fully saturated rings. The lowest BCUT2D eigenvalue weighted by molar-refractivity contribution is -0.141. The molecule has 2 amide bonds. The molecule has 0 saturated carbocycles. The third-order valence-corrected chi connectivity index (χ3v) is 5.29. The lowest BCUT2D eigenvalue weighted by atomic mass is 10.1. The summed E-state index contributed by atoms with van der Waals surface area (Å²) in [6, 6.07) is 2.28. The quantitative estimate of drug-likeness (QED) is 0.728. The van der Waals surface area contributed by atoms with Crippen LogP contribution in [0, 0.1) is 5.92 Å². The van der Waals surface area contributed by atoms with Crippen molar-refractivity contribution in [3.63, 3.8) is 0 Å². The Hall–Kier alpha value is -2.20. The van der Waals surface area contributed by atoms with Crippen LogP contribution in [-0.2, 0) is 14.8 Å². The average Bonchev–Trinajstić information content (AvgIpc) is 2.95. The Kier molecular flexibility index (Phi) is 5.33. The van der Waals surface area contributed by atoms with E-state index in [-0.39, 0.29) is 17.3 Å². The van der Waals surface area contributed by atoms with E-state index in [4.69, 9.17) is 5.11 Å². The van der Waals surface area contributed by atoms with E-state index >= 15 is 0 Å². The molecule has 9 nitrogen and oxygen atoms in total. The van der Waals surface area contributed by atoms with Crippen molar-refractivity contribution in [3.05, 3.63) is 18.3 Å². The van der Waals surface area contributed by atoms with Crippen molar-refractivity contribution in [2.75, 3.05) is 18.4 Å². The Morgan fingerprint density at radius 2 is 2.00 bits per heavy atom. The van der Waals surface area contributed by atoms with Gasteiger partial charge in [-0.25, -0.2) is 22.9 Å². The van der Waals surface area contributed by atoms with E-state index in [0.717, 1.165) is 6.20 Å². The minimum absolute atomic E-state index is 0.00691. The van der Waals surface area contributed by atoms with E-state index in [1.54, 1.807) is 20.8 Å². The van der Waals surface area contributed by atoms with Gasteiger partial charge in [0.25, 0.3) is 0 Å². The standard InChI is InChI=1S/C15H22N4O5S/c1-15(2,3)18-25(23,24)11-4-5-12(16-8-11)17-14(22)19-7-6-10(9-19)13(20)21/h4-5,8,10,18H,6-7,9H2,1-3H3,(H,20,21)(H,16,17,22). The van der Waals surface area contributed by atoms with Gasteiger partial charge in [0.1, 0.15) is 10.7 Å². The second kappa shape index (κ2) is 6.96. The van der Waals surface area contributed by atoms with E-state index in [9.17, 15) is 18.0 Å². The van der Waals surface area contributed by atoms with Crippen LogP contribution in [-0.4, -0.2) is 54.0 Å². The molecule has 1 atom stereocenters. The molecular weight excluding hydrogens is 348 g/mol. The number of rotatable bonds is 4. The molecule has 0 aliphatic carbocycles. The summed E-state index contributed by atoms with van der Waals surface area (Å²) >= 11 is 0. The number of nitrogens with zero attached hydrogens (tertiary/aromatic N) is 2. The highest BCUT2D eigenvalue weighted by Gasteiger charge is 2.31. The number of amides is 2. The number of carboxylic acids is 1. The van der Waals surface area contributed by atoms with Crippen LogP contribution in [0.15, 0.2) is 23.2 Å². The number of carboxylic acid groups (broad SMARTS) is 1. The van der Waals surface area contributed by atoms with Crippen LogP contribution < -0.4 is 10.0 Å². The van der Waals surface area contributed by atoms with E-state index in [1.807, 2.05) is 0 Å². The molecule has 2 heterocycles. The average molecular weight is 370 g/mol. The Balaban J connectivity index is 2.01. The zero-order valence-electron chi connectivity index (χ0n) is 14.3. The molecule has 1 aliphatic rings. The molecule has 1 aromatic heterocycles. The second-order valence-corrected chi connectivity index (χ2v) is 8.62. The monoisotopic (exact) mass is 370 g/mol. The molecule has 2 rings (SSSR count). The first-order valence-corrected chi connectivity index (χ1v) is 9.25. The van der Waals surface area contributed by atoms with E-state index < -0.39 is 33.5 Å². The fourth-order valence-corrected chi connectivity index (χ4v) is 3.77. The summed E-state index contributed by atoms with van der Waals surface area (Å²) in [5.74, 6) is -1.29. The van der Waals surface area contributed by atoms with E-state index in [1.165, 1.54) is 17.0 Å². The van der Waals surface area contributed by atoms with Crippen molar-refractivity contribution in [1.82, 2.24) is 14.6 Å². The molecule has 0 aromatic carbocycles. The summed E-state index contributed by atoms with van der Waals surface area (Å²) in [6.07, 6.45) is 1.57. The first-order valence-electron chi connectivity index (χ1n) is 7.77. The maximum Gasteiger partial charge on any atom is 0.323 e. The minimum atomic E-state index is -3.70. The highest BCUT2D eigenvalue weighted by Crippen LogP contribution is 2.18. The Bertz CT molecular complexity index is 755. The number of aromatic nitrogens is 1. The van der Waals surface area contributed by atoms with Gasteiger partial charge >= 0.3 is 12.0 Å². The van der Waals surface area contributed by atoms with Crippen LogP contribution in [0.25, 0.3) is 0 Å². The summed E-state index contributed by atoms with van der Waals surface area (Å²) in [7, 11) is -3.70. The second-order valence-electron chi connectivity index (χ2n) is 6.93. The van der Waals surface area contributed by atoms with E-state index in [0.29, 0.717) is 13.0 Å². The molecule has 3 N–H and O–H groups in total. The number of aliphatic carboxylic acids is 1. The van der Waals surface area contributed by atoms with E-state index in [2.05, 4.69) is 15.0 Å². The number of urea groups is 1. The van der Waals surface area contributed by atoms with Crippen molar-refractivity contribution in [2.24, 2.45) is 5.92 Å². The van der Waals surface area contributed by atoms with Crippen LogP contribution in [0.4, 0.5) is 10.6 Å². The molecular formula is C15H22N4O5S. The number of anilines is 1. The van der Waals surface area contributed by atoms with Crippen LogP contribution in [0.2, 0.25) is 0 Å². The molecule has 1 aliphatic heterocycles. The predicted octanol–water partition coefficient (Wildman–Crippen LogP) is 1.10. The smallest absolute Gasteiger partial charge is 0.323 e. The topological polar surface area (TPSA) is 129 Å². The summed E-state index contributed by atoms with van der Waals surface area (Å²) < 4.78 is 26.9. The van der Waals surface area contributed by atoms with Gasteiger partial charge in [-0.3, -0.25) is 10.1 Å². The van der Waals surface area contributed by atoms with Crippen LogP contribution in [0.3, 0.4) is 0 Å². The van der Waals surface area contributed by atoms with Gasteiger partial charge in [0.05, 0.1) is 5.92 Å². The zero-order chi connectivity index (χ0) is 18.8. The fourth-order valence-electron chi connectivity index (χ4n) is 2.41. The molecule has 10 heteroatoms. The van der Waals surface area contributed by atoms with Gasteiger partial charge in [0.2, 0.25) is 10.0 Å². The van der Waals surface area contributed by atoms with Gasteiger partial charge in [-0.1, -0.05) is 0 Å². The maximum atomic E-state index is 12.2. The van der Waals surface area contributed by atoms with Gasteiger partial charge in [-0.2, -0.15) is 0 Å². The molecule has 1 saturated heterocycles. The summed E-state index contributed by atoms with van der Waals surface area (Å²) in [5, 5.41) is 11.5.